The Morgan fingerprint density at radius 1 is 1.43 bits per heavy atom. The third-order valence-electron chi connectivity index (χ3n) is 1.90. The SMILES string of the molecule is CCC(=O)N[C@@H](CCCCN)C(=O)O. The molecule has 1 atom stereocenters. The zero-order chi connectivity index (χ0) is 11.0. The van der Waals surface area contributed by atoms with E-state index in [0.29, 0.717) is 19.4 Å². The Hall–Kier alpha value is -1.10. The first-order valence-electron chi connectivity index (χ1n) is 4.84. The number of carbonyl (C=O) groups excluding carboxylic acids is 1. The first kappa shape index (κ1) is 12.9. The largest absolute Gasteiger partial charge is 0.480 e. The van der Waals surface area contributed by atoms with Crippen LogP contribution >= 0.6 is 0 Å². The fourth-order valence-corrected chi connectivity index (χ4v) is 1.05. The molecule has 4 N–H and O–H groups in total. The fourth-order valence-electron chi connectivity index (χ4n) is 1.05. The van der Waals surface area contributed by atoms with Crippen LogP contribution in [0.5, 0.6) is 0 Å². The van der Waals surface area contributed by atoms with Crippen molar-refractivity contribution in [2.75, 3.05) is 6.54 Å². The predicted molar refractivity (Wildman–Crippen MR) is 52.8 cm³/mol. The smallest absolute Gasteiger partial charge is 0.326 e. The molecule has 0 saturated heterocycles. The Labute approximate surface area is 83.7 Å². The zero-order valence-corrected chi connectivity index (χ0v) is 8.45. The molecule has 5 nitrogen and oxygen atoms in total. The molecular formula is C9H18N2O3. The first-order valence-corrected chi connectivity index (χ1v) is 4.84. The Morgan fingerprint density at radius 2 is 2.07 bits per heavy atom. The van der Waals surface area contributed by atoms with Gasteiger partial charge in [-0.2, -0.15) is 0 Å². The molecule has 0 bridgehead atoms. The van der Waals surface area contributed by atoms with Gasteiger partial charge in [-0.1, -0.05) is 6.92 Å². The van der Waals surface area contributed by atoms with E-state index in [4.69, 9.17) is 10.8 Å². The molecule has 0 aliphatic rings. The summed E-state index contributed by atoms with van der Waals surface area (Å²) in [6, 6.07) is -0.769. The number of amides is 1. The molecule has 82 valence electrons. The molecule has 0 unspecified atom stereocenters. The van der Waals surface area contributed by atoms with Crippen LogP contribution in [-0.2, 0) is 9.59 Å². The highest BCUT2D eigenvalue weighted by molar-refractivity contribution is 5.83. The van der Waals surface area contributed by atoms with Crippen LogP contribution in [0.3, 0.4) is 0 Å². The fraction of sp³-hybridized carbons (Fsp3) is 0.778. The van der Waals surface area contributed by atoms with E-state index < -0.39 is 12.0 Å². The van der Waals surface area contributed by atoms with E-state index in [9.17, 15) is 9.59 Å². The van der Waals surface area contributed by atoms with Crippen molar-refractivity contribution in [3.05, 3.63) is 0 Å². The van der Waals surface area contributed by atoms with Crippen LogP contribution in [0, 0.1) is 0 Å². The molecule has 0 fully saturated rings. The van der Waals surface area contributed by atoms with Crippen LogP contribution < -0.4 is 11.1 Å². The van der Waals surface area contributed by atoms with Crippen molar-refractivity contribution in [3.63, 3.8) is 0 Å². The minimum absolute atomic E-state index is 0.231. The lowest BCUT2D eigenvalue weighted by molar-refractivity contribution is -0.142. The average molecular weight is 202 g/mol. The van der Waals surface area contributed by atoms with E-state index in [2.05, 4.69) is 5.32 Å². The second-order valence-corrected chi connectivity index (χ2v) is 3.10. The summed E-state index contributed by atoms with van der Waals surface area (Å²) in [5, 5.41) is 11.2. The number of carbonyl (C=O) groups is 2. The van der Waals surface area contributed by atoms with E-state index >= 15 is 0 Å². The minimum Gasteiger partial charge on any atom is -0.480 e. The monoisotopic (exact) mass is 202 g/mol. The number of hydrogen-bond acceptors (Lipinski definition) is 3. The van der Waals surface area contributed by atoms with Gasteiger partial charge in [0.05, 0.1) is 0 Å². The molecule has 0 aliphatic carbocycles. The number of hydrogen-bond donors (Lipinski definition) is 3. The molecule has 0 aliphatic heterocycles. The van der Waals surface area contributed by atoms with Crippen molar-refractivity contribution in [1.29, 1.82) is 0 Å². The lowest BCUT2D eigenvalue weighted by Gasteiger charge is -2.13. The number of rotatable bonds is 7. The quantitative estimate of drug-likeness (QED) is 0.510. The molecule has 0 radical (unpaired) electrons. The van der Waals surface area contributed by atoms with Crippen LogP contribution in [0.2, 0.25) is 0 Å². The summed E-state index contributed by atoms with van der Waals surface area (Å²) in [7, 11) is 0. The average Bonchev–Trinajstić information content (AvgIpc) is 2.16. The van der Waals surface area contributed by atoms with Gasteiger partial charge in [0.25, 0.3) is 0 Å². The minimum atomic E-state index is -0.983. The van der Waals surface area contributed by atoms with Crippen LogP contribution in [0.1, 0.15) is 32.6 Å². The molecule has 0 aromatic carbocycles. The van der Waals surface area contributed by atoms with Crippen LogP contribution in [0.25, 0.3) is 0 Å². The Balaban J connectivity index is 3.90. The molecule has 0 aromatic rings. The lowest BCUT2D eigenvalue weighted by Crippen LogP contribution is -2.40. The number of carboxylic acid groups (broad SMARTS) is 1. The number of nitrogens with two attached hydrogens (primary N) is 1. The third-order valence-corrected chi connectivity index (χ3v) is 1.90. The molecule has 0 aromatic heterocycles. The van der Waals surface area contributed by atoms with Gasteiger partial charge in [-0.05, 0) is 25.8 Å². The molecular weight excluding hydrogens is 184 g/mol. The molecule has 14 heavy (non-hydrogen) atoms. The second-order valence-electron chi connectivity index (χ2n) is 3.10. The van der Waals surface area contributed by atoms with Crippen molar-refractivity contribution in [1.82, 2.24) is 5.32 Å². The summed E-state index contributed by atoms with van der Waals surface area (Å²) >= 11 is 0. The van der Waals surface area contributed by atoms with Gasteiger partial charge in [0.1, 0.15) is 6.04 Å². The van der Waals surface area contributed by atoms with Gasteiger partial charge in [0.2, 0.25) is 5.91 Å². The van der Waals surface area contributed by atoms with Gasteiger partial charge in [-0.3, -0.25) is 4.79 Å². The second kappa shape index (κ2) is 7.32. The summed E-state index contributed by atoms with van der Waals surface area (Å²) in [4.78, 5) is 21.7. The maximum Gasteiger partial charge on any atom is 0.326 e. The highest BCUT2D eigenvalue weighted by atomic mass is 16.4. The van der Waals surface area contributed by atoms with Gasteiger partial charge in [-0.25, -0.2) is 4.79 Å². The molecule has 0 spiro atoms. The van der Waals surface area contributed by atoms with E-state index in [1.54, 1.807) is 6.92 Å². The van der Waals surface area contributed by atoms with Gasteiger partial charge >= 0.3 is 5.97 Å². The summed E-state index contributed by atoms with van der Waals surface area (Å²) in [6.45, 7) is 2.24. The summed E-state index contributed by atoms with van der Waals surface area (Å²) in [6.07, 6.45) is 2.25. The molecule has 0 rings (SSSR count). The summed E-state index contributed by atoms with van der Waals surface area (Å²) in [5.41, 5.74) is 5.28. The number of unbranched alkanes of at least 4 members (excludes halogenated alkanes) is 1. The lowest BCUT2D eigenvalue weighted by atomic mass is 10.1. The number of nitrogens with one attached hydrogen (secondary N) is 1. The third kappa shape index (κ3) is 5.53. The van der Waals surface area contributed by atoms with Crippen molar-refractivity contribution < 1.29 is 14.7 Å². The van der Waals surface area contributed by atoms with E-state index in [-0.39, 0.29) is 5.91 Å². The maximum atomic E-state index is 11.0. The highest BCUT2D eigenvalue weighted by Crippen LogP contribution is 2.00. The van der Waals surface area contributed by atoms with Gasteiger partial charge in [0, 0.05) is 6.42 Å². The molecule has 1 amide bonds. The first-order chi connectivity index (χ1) is 6.61. The van der Waals surface area contributed by atoms with Gasteiger partial charge < -0.3 is 16.2 Å². The topological polar surface area (TPSA) is 92.4 Å². The van der Waals surface area contributed by atoms with E-state index in [0.717, 1.165) is 12.8 Å². The van der Waals surface area contributed by atoms with Crippen molar-refractivity contribution >= 4 is 11.9 Å². The van der Waals surface area contributed by atoms with E-state index in [1.807, 2.05) is 0 Å². The van der Waals surface area contributed by atoms with Gasteiger partial charge in [0.15, 0.2) is 0 Å². The standard InChI is InChI=1S/C9H18N2O3/c1-2-8(12)11-7(9(13)14)5-3-4-6-10/h7H,2-6,10H2,1H3,(H,11,12)(H,13,14)/t7-/m0/s1. The van der Waals surface area contributed by atoms with Crippen LogP contribution in [0.4, 0.5) is 0 Å². The summed E-state index contributed by atoms with van der Waals surface area (Å²) < 4.78 is 0. The number of aliphatic carboxylic acids is 1. The molecule has 0 heterocycles. The van der Waals surface area contributed by atoms with Crippen molar-refractivity contribution in [2.24, 2.45) is 5.73 Å². The molecule has 0 saturated carbocycles. The van der Waals surface area contributed by atoms with Gasteiger partial charge in [-0.15, -0.1) is 0 Å². The molecule has 5 heteroatoms. The van der Waals surface area contributed by atoms with Crippen molar-refractivity contribution in [2.45, 2.75) is 38.6 Å². The Morgan fingerprint density at radius 3 is 2.50 bits per heavy atom. The predicted octanol–water partition coefficient (Wildman–Crippen LogP) is 0.0948. The van der Waals surface area contributed by atoms with E-state index in [1.165, 1.54) is 0 Å². The summed E-state index contributed by atoms with van der Waals surface area (Å²) in [5.74, 6) is -1.21. The highest BCUT2D eigenvalue weighted by Gasteiger charge is 2.17. The van der Waals surface area contributed by atoms with Crippen molar-refractivity contribution in [3.8, 4) is 0 Å². The van der Waals surface area contributed by atoms with Crippen LogP contribution in [0.15, 0.2) is 0 Å². The Kier molecular flexibility index (Phi) is 6.74. The number of carboxylic acids is 1. The zero-order valence-electron chi connectivity index (χ0n) is 8.45. The normalized spacial score (nSPS) is 12.1. The van der Waals surface area contributed by atoms with Crippen LogP contribution in [-0.4, -0.2) is 29.6 Å². The Bertz CT molecular complexity index is 194. The maximum absolute atomic E-state index is 11.0.